The Morgan fingerprint density at radius 2 is 1.95 bits per heavy atom. The van der Waals surface area contributed by atoms with Crippen molar-refractivity contribution < 1.29 is 14.3 Å². The minimum Gasteiger partial charge on any atom is -0.378 e. The number of hydrogen-bond acceptors (Lipinski definition) is 4. The molecule has 2 amide bonds. The van der Waals surface area contributed by atoms with Crippen molar-refractivity contribution in [3.8, 4) is 0 Å². The minimum atomic E-state index is -0.0334. The Labute approximate surface area is 120 Å². The topological polar surface area (TPSA) is 75.9 Å². The molecule has 0 saturated carbocycles. The third-order valence-electron chi connectivity index (χ3n) is 2.98. The van der Waals surface area contributed by atoms with Gasteiger partial charge in [0.1, 0.15) is 0 Å². The van der Waals surface area contributed by atoms with Gasteiger partial charge in [0, 0.05) is 32.6 Å². The van der Waals surface area contributed by atoms with Gasteiger partial charge >= 0.3 is 0 Å². The highest BCUT2D eigenvalue weighted by Crippen LogP contribution is 2.02. The molecule has 0 aromatic carbocycles. The van der Waals surface area contributed by atoms with Gasteiger partial charge in [-0.05, 0) is 13.3 Å². The molecule has 0 aliphatic carbocycles. The molecule has 0 spiro atoms. The number of carbonyl (C=O) groups is 2. The van der Waals surface area contributed by atoms with Gasteiger partial charge in [-0.1, -0.05) is 0 Å². The van der Waals surface area contributed by atoms with Crippen LogP contribution in [0.4, 0.5) is 0 Å². The number of ether oxygens (including phenoxy) is 1. The molecule has 0 aromatic rings. The van der Waals surface area contributed by atoms with E-state index in [4.69, 9.17) is 10.5 Å². The van der Waals surface area contributed by atoms with Crippen LogP contribution in [0.1, 0.15) is 19.8 Å². The van der Waals surface area contributed by atoms with E-state index < -0.39 is 0 Å². The summed E-state index contributed by atoms with van der Waals surface area (Å²) in [6.45, 7) is 4.38. The second-order valence-electron chi connectivity index (χ2n) is 4.76. The normalized spacial score (nSPS) is 16.5. The molecule has 1 atom stereocenters. The van der Waals surface area contributed by atoms with Crippen LogP contribution < -0.4 is 5.73 Å². The summed E-state index contributed by atoms with van der Waals surface area (Å²) >= 11 is 0. The number of nitrogens with zero attached hydrogens (tertiary/aromatic N) is 2. The summed E-state index contributed by atoms with van der Waals surface area (Å²) in [5.41, 5.74) is 5.60. The second kappa shape index (κ2) is 9.12. The summed E-state index contributed by atoms with van der Waals surface area (Å²) in [6.07, 6.45) is 1.04. The molecule has 1 unspecified atom stereocenters. The number of morpholine rings is 1. The molecular weight excluding hydrogens is 270 g/mol. The fraction of sp³-hybridized carbons (Fsp3) is 0.833. The maximum Gasteiger partial charge on any atom is 0.242 e. The van der Waals surface area contributed by atoms with Crippen molar-refractivity contribution in [1.82, 2.24) is 9.80 Å². The molecule has 0 bridgehead atoms. The first kappa shape index (κ1) is 18.1. The zero-order valence-corrected chi connectivity index (χ0v) is 12.4. The quantitative estimate of drug-likeness (QED) is 0.765. The van der Waals surface area contributed by atoms with Gasteiger partial charge in [-0.15, -0.1) is 12.4 Å². The van der Waals surface area contributed by atoms with Gasteiger partial charge in [0.25, 0.3) is 0 Å². The zero-order chi connectivity index (χ0) is 13.5. The van der Waals surface area contributed by atoms with Gasteiger partial charge in [-0.3, -0.25) is 9.59 Å². The molecule has 112 valence electrons. The smallest absolute Gasteiger partial charge is 0.242 e. The Balaban J connectivity index is 0.00000324. The van der Waals surface area contributed by atoms with Crippen LogP contribution in [0.5, 0.6) is 0 Å². The lowest BCUT2D eigenvalue weighted by molar-refractivity contribution is -0.141. The predicted octanol–water partition coefficient (Wildman–Crippen LogP) is -0.147. The molecule has 7 heteroatoms. The molecule has 2 N–H and O–H groups in total. The molecule has 0 radical (unpaired) electrons. The molecule has 19 heavy (non-hydrogen) atoms. The lowest BCUT2D eigenvalue weighted by Crippen LogP contribution is -2.46. The average molecular weight is 294 g/mol. The molecule has 1 heterocycles. The van der Waals surface area contributed by atoms with E-state index in [0.717, 1.165) is 0 Å². The van der Waals surface area contributed by atoms with E-state index in [1.54, 1.807) is 11.9 Å². The molecule has 1 aliphatic rings. The summed E-state index contributed by atoms with van der Waals surface area (Å²) in [7, 11) is 1.65. The van der Waals surface area contributed by atoms with Crippen molar-refractivity contribution in [2.45, 2.75) is 25.8 Å². The van der Waals surface area contributed by atoms with Gasteiger partial charge in [-0.2, -0.15) is 0 Å². The molecule has 1 saturated heterocycles. The number of amides is 2. The fourth-order valence-electron chi connectivity index (χ4n) is 1.75. The first-order valence-corrected chi connectivity index (χ1v) is 6.35. The van der Waals surface area contributed by atoms with E-state index in [1.807, 2.05) is 6.92 Å². The van der Waals surface area contributed by atoms with Crippen LogP contribution in [0.25, 0.3) is 0 Å². The Hall–Kier alpha value is -0.850. The Bertz CT molecular complexity index is 294. The summed E-state index contributed by atoms with van der Waals surface area (Å²) in [5, 5.41) is 0. The van der Waals surface area contributed by atoms with Crippen molar-refractivity contribution in [3.05, 3.63) is 0 Å². The molecule has 0 aromatic heterocycles. The molecule has 1 aliphatic heterocycles. The maximum absolute atomic E-state index is 11.9. The summed E-state index contributed by atoms with van der Waals surface area (Å²) < 4.78 is 5.18. The molecular formula is C12H24ClN3O3. The van der Waals surface area contributed by atoms with E-state index in [9.17, 15) is 9.59 Å². The summed E-state index contributed by atoms with van der Waals surface area (Å²) in [6, 6.07) is 0.0114. The van der Waals surface area contributed by atoms with Crippen molar-refractivity contribution >= 4 is 24.2 Å². The maximum atomic E-state index is 11.9. The molecule has 1 rings (SSSR count). The first-order valence-electron chi connectivity index (χ1n) is 6.35. The van der Waals surface area contributed by atoms with Crippen LogP contribution in [0.15, 0.2) is 0 Å². The molecule has 6 nitrogen and oxygen atoms in total. The van der Waals surface area contributed by atoms with Crippen LogP contribution in [0, 0.1) is 0 Å². The highest BCUT2D eigenvalue weighted by molar-refractivity contribution is 5.85. The van der Waals surface area contributed by atoms with E-state index in [0.29, 0.717) is 39.1 Å². The fourth-order valence-corrected chi connectivity index (χ4v) is 1.75. The third-order valence-corrected chi connectivity index (χ3v) is 2.98. The van der Waals surface area contributed by atoms with E-state index in [2.05, 4.69) is 0 Å². The standard InChI is InChI=1S/C12H23N3O3.ClH/c1-10(13)3-4-11(16)14(2)9-12(17)15-5-7-18-8-6-15;/h10H,3-9,13H2,1-2H3;1H. The predicted molar refractivity (Wildman–Crippen MR) is 75.2 cm³/mol. The lowest BCUT2D eigenvalue weighted by atomic mass is 10.2. The van der Waals surface area contributed by atoms with Crippen LogP contribution in [-0.2, 0) is 14.3 Å². The van der Waals surface area contributed by atoms with Gasteiger partial charge in [0.2, 0.25) is 11.8 Å². The van der Waals surface area contributed by atoms with E-state index in [1.165, 1.54) is 4.90 Å². The Morgan fingerprint density at radius 1 is 1.37 bits per heavy atom. The third kappa shape index (κ3) is 6.75. The minimum absolute atomic E-state index is 0. The number of rotatable bonds is 5. The summed E-state index contributed by atoms with van der Waals surface area (Å²) in [4.78, 5) is 26.9. The largest absolute Gasteiger partial charge is 0.378 e. The van der Waals surface area contributed by atoms with E-state index >= 15 is 0 Å². The van der Waals surface area contributed by atoms with Gasteiger partial charge in [0.15, 0.2) is 0 Å². The number of hydrogen-bond donors (Lipinski definition) is 1. The monoisotopic (exact) mass is 293 g/mol. The van der Waals surface area contributed by atoms with Crippen molar-refractivity contribution in [2.24, 2.45) is 5.73 Å². The second-order valence-corrected chi connectivity index (χ2v) is 4.76. The first-order chi connectivity index (χ1) is 8.50. The van der Waals surface area contributed by atoms with Crippen LogP contribution in [-0.4, -0.2) is 67.6 Å². The van der Waals surface area contributed by atoms with Gasteiger partial charge < -0.3 is 20.3 Å². The van der Waals surface area contributed by atoms with Crippen LogP contribution in [0.2, 0.25) is 0 Å². The van der Waals surface area contributed by atoms with Gasteiger partial charge in [0.05, 0.1) is 19.8 Å². The van der Waals surface area contributed by atoms with Crippen LogP contribution in [0.3, 0.4) is 0 Å². The Morgan fingerprint density at radius 3 is 2.47 bits per heavy atom. The SMILES string of the molecule is CC(N)CCC(=O)N(C)CC(=O)N1CCOCC1.Cl. The number of nitrogens with two attached hydrogens (primary N) is 1. The number of likely N-dealkylation sites (N-methyl/N-ethyl adjacent to an activating group) is 1. The van der Waals surface area contributed by atoms with Gasteiger partial charge in [-0.25, -0.2) is 0 Å². The highest BCUT2D eigenvalue weighted by atomic mass is 35.5. The lowest BCUT2D eigenvalue weighted by Gasteiger charge is -2.28. The highest BCUT2D eigenvalue weighted by Gasteiger charge is 2.20. The van der Waals surface area contributed by atoms with Crippen molar-refractivity contribution in [2.75, 3.05) is 39.9 Å². The van der Waals surface area contributed by atoms with E-state index in [-0.39, 0.29) is 36.8 Å². The number of halogens is 1. The van der Waals surface area contributed by atoms with Crippen molar-refractivity contribution in [3.63, 3.8) is 0 Å². The Kier molecular flexibility index (Phi) is 8.71. The zero-order valence-electron chi connectivity index (χ0n) is 11.6. The summed E-state index contributed by atoms with van der Waals surface area (Å²) in [5.74, 6) is -0.0520. The number of carbonyl (C=O) groups excluding carboxylic acids is 2. The van der Waals surface area contributed by atoms with Crippen LogP contribution >= 0.6 is 12.4 Å². The average Bonchev–Trinajstić information content (AvgIpc) is 2.36. The van der Waals surface area contributed by atoms with Crippen molar-refractivity contribution in [1.29, 1.82) is 0 Å². The molecule has 1 fully saturated rings.